The predicted octanol–water partition coefficient (Wildman–Crippen LogP) is -0.118. The van der Waals surface area contributed by atoms with E-state index in [1.165, 1.54) is 6.42 Å². The van der Waals surface area contributed by atoms with E-state index in [2.05, 4.69) is 10.6 Å². The molecule has 2 atom stereocenters. The fourth-order valence-corrected chi connectivity index (χ4v) is 2.73. The van der Waals surface area contributed by atoms with Gasteiger partial charge in [0.15, 0.2) is 0 Å². The van der Waals surface area contributed by atoms with Crippen LogP contribution in [-0.2, 0) is 14.3 Å². The molecule has 0 aliphatic carbocycles. The summed E-state index contributed by atoms with van der Waals surface area (Å²) in [6.45, 7) is 5.34. The fraction of sp³-hybridized carbons (Fsp3) is 0.857. The molecule has 6 nitrogen and oxygen atoms in total. The van der Waals surface area contributed by atoms with Crippen molar-refractivity contribution in [1.29, 1.82) is 0 Å². The minimum Gasteiger partial charge on any atom is -0.375 e. The Morgan fingerprint density at radius 2 is 2.05 bits per heavy atom. The summed E-state index contributed by atoms with van der Waals surface area (Å²) in [4.78, 5) is 25.8. The average Bonchev–Trinajstić information content (AvgIpc) is 2.48. The first-order chi connectivity index (χ1) is 9.68. The number of amides is 2. The molecule has 2 saturated heterocycles. The number of ether oxygens (including phenoxy) is 1. The Bertz CT molecular complexity index is 343. The first-order valence-electron chi connectivity index (χ1n) is 7.59. The lowest BCUT2D eigenvalue weighted by Crippen LogP contribution is -2.55. The van der Waals surface area contributed by atoms with Gasteiger partial charge < -0.3 is 20.3 Å². The highest BCUT2D eigenvalue weighted by Gasteiger charge is 2.28. The third kappa shape index (κ3) is 4.18. The van der Waals surface area contributed by atoms with Crippen LogP contribution in [0.25, 0.3) is 0 Å². The van der Waals surface area contributed by atoms with Crippen LogP contribution in [0.2, 0.25) is 0 Å². The molecule has 0 unspecified atom stereocenters. The number of carbonyl (C=O) groups excluding carboxylic acids is 2. The number of morpholine rings is 1. The van der Waals surface area contributed by atoms with Crippen LogP contribution in [0.15, 0.2) is 0 Å². The van der Waals surface area contributed by atoms with Gasteiger partial charge in [0.25, 0.3) is 0 Å². The second kappa shape index (κ2) is 7.59. The largest absolute Gasteiger partial charge is 0.375 e. The highest BCUT2D eigenvalue weighted by atomic mass is 16.5. The lowest BCUT2D eigenvalue weighted by Gasteiger charge is -2.29. The molecule has 2 aliphatic heterocycles. The number of piperidine rings is 1. The molecule has 2 heterocycles. The van der Waals surface area contributed by atoms with Crippen molar-refractivity contribution in [3.63, 3.8) is 0 Å². The molecule has 2 fully saturated rings. The number of hydrogen-bond acceptors (Lipinski definition) is 4. The van der Waals surface area contributed by atoms with E-state index in [1.54, 1.807) is 0 Å². The molecular weight excluding hydrogens is 258 g/mol. The molecule has 2 aliphatic rings. The second-order valence-electron chi connectivity index (χ2n) is 5.49. The van der Waals surface area contributed by atoms with Crippen molar-refractivity contribution in [3.8, 4) is 0 Å². The van der Waals surface area contributed by atoms with E-state index in [0.717, 1.165) is 25.9 Å². The minimum absolute atomic E-state index is 0.0800. The predicted molar refractivity (Wildman–Crippen MR) is 75.3 cm³/mol. The molecule has 2 amide bonds. The van der Waals surface area contributed by atoms with E-state index in [0.29, 0.717) is 26.1 Å². The summed E-state index contributed by atoms with van der Waals surface area (Å²) in [6, 6.07) is -0.311. The molecule has 0 radical (unpaired) electrons. The number of nitrogens with one attached hydrogen (secondary N) is 2. The Balaban J connectivity index is 1.66. The van der Waals surface area contributed by atoms with Gasteiger partial charge in [-0.15, -0.1) is 0 Å². The van der Waals surface area contributed by atoms with Gasteiger partial charge in [0.05, 0.1) is 12.7 Å². The Morgan fingerprint density at radius 3 is 2.75 bits per heavy atom. The van der Waals surface area contributed by atoms with E-state index in [-0.39, 0.29) is 24.0 Å². The molecule has 0 saturated carbocycles. The van der Waals surface area contributed by atoms with E-state index in [4.69, 9.17) is 4.74 Å². The Morgan fingerprint density at radius 1 is 1.30 bits per heavy atom. The van der Waals surface area contributed by atoms with Gasteiger partial charge in [-0.05, 0) is 26.2 Å². The van der Waals surface area contributed by atoms with Crippen LogP contribution >= 0.6 is 0 Å². The normalized spacial score (nSPS) is 27.1. The van der Waals surface area contributed by atoms with Gasteiger partial charge in [-0.3, -0.25) is 9.59 Å². The third-order valence-electron chi connectivity index (χ3n) is 3.95. The van der Waals surface area contributed by atoms with Crippen molar-refractivity contribution in [1.82, 2.24) is 15.5 Å². The summed E-state index contributed by atoms with van der Waals surface area (Å²) in [7, 11) is 0. The van der Waals surface area contributed by atoms with Crippen molar-refractivity contribution in [2.75, 3.05) is 32.8 Å². The summed E-state index contributed by atoms with van der Waals surface area (Å²) in [5, 5.41) is 5.96. The molecule has 0 aromatic heterocycles. The standard InChI is InChI=1S/C14H25N3O3/c1-11-13(15-7-10-20-11)14(19)16-6-5-12(18)17-8-3-2-4-9-17/h11,13,15H,2-10H2,1H3,(H,16,19)/t11-,13+/m1/s1. The maximum Gasteiger partial charge on any atom is 0.239 e. The lowest BCUT2D eigenvalue weighted by molar-refractivity contribution is -0.132. The van der Waals surface area contributed by atoms with Crippen LogP contribution < -0.4 is 10.6 Å². The van der Waals surface area contributed by atoms with E-state index >= 15 is 0 Å². The molecule has 2 rings (SSSR count). The Labute approximate surface area is 120 Å². The highest BCUT2D eigenvalue weighted by Crippen LogP contribution is 2.09. The topological polar surface area (TPSA) is 70.7 Å². The molecule has 0 aromatic rings. The first-order valence-corrected chi connectivity index (χ1v) is 7.59. The average molecular weight is 283 g/mol. The summed E-state index contributed by atoms with van der Waals surface area (Å²) in [5.41, 5.74) is 0. The minimum atomic E-state index is -0.311. The van der Waals surface area contributed by atoms with Crippen molar-refractivity contribution in [2.24, 2.45) is 0 Å². The summed E-state index contributed by atoms with van der Waals surface area (Å²) in [6.07, 6.45) is 3.67. The molecular formula is C14H25N3O3. The maximum absolute atomic E-state index is 12.0. The van der Waals surface area contributed by atoms with Gasteiger partial charge in [-0.25, -0.2) is 0 Å². The van der Waals surface area contributed by atoms with Crippen LogP contribution in [-0.4, -0.2) is 61.6 Å². The second-order valence-corrected chi connectivity index (χ2v) is 5.49. The van der Waals surface area contributed by atoms with Crippen LogP contribution in [0.3, 0.4) is 0 Å². The van der Waals surface area contributed by atoms with Crippen LogP contribution in [0.5, 0.6) is 0 Å². The van der Waals surface area contributed by atoms with Gasteiger partial charge in [0.1, 0.15) is 6.04 Å². The quantitative estimate of drug-likeness (QED) is 0.755. The van der Waals surface area contributed by atoms with Gasteiger partial charge in [0.2, 0.25) is 11.8 Å². The van der Waals surface area contributed by atoms with E-state index < -0.39 is 0 Å². The Kier molecular flexibility index (Phi) is 5.79. The van der Waals surface area contributed by atoms with Crippen molar-refractivity contribution >= 4 is 11.8 Å². The number of hydrogen-bond donors (Lipinski definition) is 2. The maximum atomic E-state index is 12.0. The van der Waals surface area contributed by atoms with Gasteiger partial charge in [0, 0.05) is 32.6 Å². The third-order valence-corrected chi connectivity index (χ3v) is 3.95. The molecule has 0 aromatic carbocycles. The molecule has 114 valence electrons. The number of nitrogens with zero attached hydrogens (tertiary/aromatic N) is 1. The van der Waals surface area contributed by atoms with E-state index in [9.17, 15) is 9.59 Å². The summed E-state index contributed by atoms with van der Waals surface area (Å²) < 4.78 is 5.44. The molecule has 6 heteroatoms. The number of rotatable bonds is 4. The SMILES string of the molecule is C[C@H]1OCCN[C@@H]1C(=O)NCCC(=O)N1CCCCC1. The van der Waals surface area contributed by atoms with Crippen LogP contribution in [0.4, 0.5) is 0 Å². The zero-order valence-electron chi connectivity index (χ0n) is 12.2. The fourth-order valence-electron chi connectivity index (χ4n) is 2.73. The van der Waals surface area contributed by atoms with Gasteiger partial charge >= 0.3 is 0 Å². The smallest absolute Gasteiger partial charge is 0.239 e. The van der Waals surface area contributed by atoms with Gasteiger partial charge in [-0.1, -0.05) is 0 Å². The number of likely N-dealkylation sites (tertiary alicyclic amines) is 1. The summed E-state index contributed by atoms with van der Waals surface area (Å²) >= 11 is 0. The van der Waals surface area contributed by atoms with Crippen LogP contribution in [0.1, 0.15) is 32.6 Å². The molecule has 0 spiro atoms. The number of carbonyl (C=O) groups is 2. The van der Waals surface area contributed by atoms with Crippen molar-refractivity contribution in [2.45, 2.75) is 44.8 Å². The zero-order chi connectivity index (χ0) is 14.4. The lowest BCUT2D eigenvalue weighted by atomic mass is 10.1. The highest BCUT2D eigenvalue weighted by molar-refractivity contribution is 5.83. The van der Waals surface area contributed by atoms with Gasteiger partial charge in [-0.2, -0.15) is 0 Å². The molecule has 0 bridgehead atoms. The zero-order valence-corrected chi connectivity index (χ0v) is 12.2. The van der Waals surface area contributed by atoms with Crippen molar-refractivity contribution < 1.29 is 14.3 Å². The molecule has 20 heavy (non-hydrogen) atoms. The van der Waals surface area contributed by atoms with Crippen LogP contribution in [0, 0.1) is 0 Å². The first kappa shape index (κ1) is 15.3. The van der Waals surface area contributed by atoms with E-state index in [1.807, 2.05) is 11.8 Å². The Hall–Kier alpha value is -1.14. The summed E-state index contributed by atoms with van der Waals surface area (Å²) in [5.74, 6) is 0.0644. The van der Waals surface area contributed by atoms with Crippen molar-refractivity contribution in [3.05, 3.63) is 0 Å². The monoisotopic (exact) mass is 283 g/mol. The molecule has 2 N–H and O–H groups in total.